The molecule has 2 aliphatic heterocycles. The van der Waals surface area contributed by atoms with E-state index in [1.165, 1.54) is 29.6 Å². The van der Waals surface area contributed by atoms with Gasteiger partial charge < -0.3 is 5.32 Å². The Balaban J connectivity index is 1.92. The van der Waals surface area contributed by atoms with E-state index in [2.05, 4.69) is 34.5 Å². The van der Waals surface area contributed by atoms with Crippen molar-refractivity contribution in [1.82, 2.24) is 10.2 Å². The lowest BCUT2D eigenvalue weighted by Crippen LogP contribution is -2.48. The van der Waals surface area contributed by atoms with Crippen LogP contribution in [0.15, 0.2) is 24.3 Å². The summed E-state index contributed by atoms with van der Waals surface area (Å²) in [5, 5.41) is 5.03. The monoisotopic (exact) mass is 244 g/mol. The number of nitrogens with zero attached hydrogens (tertiary/aromatic N) is 1. The van der Waals surface area contributed by atoms with Gasteiger partial charge in [-0.25, -0.2) is 0 Å². The number of nitrogens with one attached hydrogen (secondary N) is 1. The highest BCUT2D eigenvalue weighted by Gasteiger charge is 2.31. The van der Waals surface area contributed by atoms with Crippen molar-refractivity contribution in [1.29, 1.82) is 0 Å². The number of hydrogen-bond donors (Lipinski definition) is 1. The molecule has 0 radical (unpaired) electrons. The number of hydrogen-bond acceptors (Lipinski definition) is 3. The summed E-state index contributed by atoms with van der Waals surface area (Å²) in [6.45, 7) is 4.71. The molecule has 0 bridgehead atoms. The lowest BCUT2D eigenvalue weighted by atomic mass is 9.95. The van der Waals surface area contributed by atoms with E-state index in [1.54, 1.807) is 10.4 Å². The van der Waals surface area contributed by atoms with Crippen molar-refractivity contribution in [3.8, 4) is 0 Å². The number of fused-ring (bicyclic) bond motifs is 5. The predicted octanol–water partition coefficient (Wildman–Crippen LogP) is 2.40. The molecule has 88 valence electrons. The summed E-state index contributed by atoms with van der Waals surface area (Å²) >= 11 is 2.00. The van der Waals surface area contributed by atoms with Gasteiger partial charge in [-0.1, -0.05) is 18.2 Å². The van der Waals surface area contributed by atoms with Crippen LogP contribution < -0.4 is 5.32 Å². The van der Waals surface area contributed by atoms with E-state index in [9.17, 15) is 0 Å². The summed E-state index contributed by atoms with van der Waals surface area (Å²) in [6.07, 6.45) is 1.24. The number of benzene rings is 1. The molecule has 17 heavy (non-hydrogen) atoms. The second-order valence-corrected chi connectivity index (χ2v) is 6.08. The topological polar surface area (TPSA) is 15.3 Å². The van der Waals surface area contributed by atoms with Crippen LogP contribution in [0.25, 0.3) is 10.1 Å². The van der Waals surface area contributed by atoms with E-state index in [0.29, 0.717) is 6.04 Å². The van der Waals surface area contributed by atoms with Crippen molar-refractivity contribution in [2.24, 2.45) is 0 Å². The molecule has 0 aliphatic carbocycles. The molecule has 1 saturated heterocycles. The van der Waals surface area contributed by atoms with Crippen LogP contribution in [-0.2, 0) is 6.42 Å². The predicted molar refractivity (Wildman–Crippen MR) is 72.7 cm³/mol. The van der Waals surface area contributed by atoms with Crippen LogP contribution in [0.1, 0.15) is 16.5 Å². The standard InChI is InChI=1S/C14H16N2S/c1-2-4-12-10(3-1)14-11-9-15-6-8-16(11)7-5-13(14)17-12/h1-4,11,15H,5-9H2. The minimum absolute atomic E-state index is 0.614. The Bertz CT molecular complexity index is 560. The Hall–Kier alpha value is -0.900. The van der Waals surface area contributed by atoms with Gasteiger partial charge in [0.1, 0.15) is 0 Å². The van der Waals surface area contributed by atoms with E-state index in [-0.39, 0.29) is 0 Å². The van der Waals surface area contributed by atoms with Crippen molar-refractivity contribution in [3.05, 3.63) is 34.7 Å². The molecule has 1 N–H and O–H groups in total. The SMILES string of the molecule is c1ccc2c3c(sc2c1)CCN1CCNCC31. The molecule has 0 saturated carbocycles. The van der Waals surface area contributed by atoms with Crippen molar-refractivity contribution in [2.75, 3.05) is 26.2 Å². The Labute approximate surface area is 105 Å². The van der Waals surface area contributed by atoms with Crippen LogP contribution in [0, 0.1) is 0 Å². The molecule has 0 spiro atoms. The highest BCUT2D eigenvalue weighted by atomic mass is 32.1. The zero-order valence-electron chi connectivity index (χ0n) is 9.78. The zero-order valence-corrected chi connectivity index (χ0v) is 10.6. The fourth-order valence-electron chi connectivity index (χ4n) is 3.21. The van der Waals surface area contributed by atoms with E-state index in [0.717, 1.165) is 13.1 Å². The summed E-state index contributed by atoms with van der Waals surface area (Å²) in [5.74, 6) is 0. The summed E-state index contributed by atoms with van der Waals surface area (Å²) in [5.41, 5.74) is 1.61. The van der Waals surface area contributed by atoms with E-state index < -0.39 is 0 Å². The molecule has 3 heteroatoms. The quantitative estimate of drug-likeness (QED) is 0.765. The van der Waals surface area contributed by atoms with E-state index in [1.807, 2.05) is 11.3 Å². The molecular formula is C14H16N2S. The van der Waals surface area contributed by atoms with Gasteiger partial charge in [0.05, 0.1) is 0 Å². The van der Waals surface area contributed by atoms with Crippen molar-refractivity contribution >= 4 is 21.4 Å². The Kier molecular flexibility index (Phi) is 2.25. The first kappa shape index (κ1) is 10.1. The van der Waals surface area contributed by atoms with Gasteiger partial charge in [0.2, 0.25) is 0 Å². The first-order valence-corrected chi connectivity index (χ1v) is 7.20. The van der Waals surface area contributed by atoms with Gasteiger partial charge in [-0.15, -0.1) is 11.3 Å². The van der Waals surface area contributed by atoms with Crippen molar-refractivity contribution in [2.45, 2.75) is 12.5 Å². The molecule has 2 nitrogen and oxygen atoms in total. The van der Waals surface area contributed by atoms with Crippen LogP contribution >= 0.6 is 11.3 Å². The molecule has 2 aliphatic rings. The minimum Gasteiger partial charge on any atom is -0.314 e. The molecule has 1 unspecified atom stereocenters. The third-order valence-corrected chi connectivity index (χ3v) is 5.27. The molecular weight excluding hydrogens is 228 g/mol. The third kappa shape index (κ3) is 1.46. The Morgan fingerprint density at radius 1 is 1.24 bits per heavy atom. The molecule has 0 amide bonds. The first-order valence-electron chi connectivity index (χ1n) is 6.38. The molecule has 1 aromatic heterocycles. The molecule has 1 atom stereocenters. The molecule has 3 heterocycles. The highest BCUT2D eigenvalue weighted by molar-refractivity contribution is 7.19. The van der Waals surface area contributed by atoms with E-state index >= 15 is 0 Å². The van der Waals surface area contributed by atoms with Gasteiger partial charge in [0, 0.05) is 41.8 Å². The summed E-state index contributed by atoms with van der Waals surface area (Å²) in [4.78, 5) is 4.27. The molecule has 1 fully saturated rings. The number of rotatable bonds is 0. The summed E-state index contributed by atoms with van der Waals surface area (Å²) in [6, 6.07) is 9.50. The maximum absolute atomic E-state index is 3.54. The molecule has 4 rings (SSSR count). The second kappa shape index (κ2) is 3.80. The maximum Gasteiger partial charge on any atom is 0.0490 e. The lowest BCUT2D eigenvalue weighted by Gasteiger charge is -2.39. The fraction of sp³-hybridized carbons (Fsp3) is 0.429. The first-order chi connectivity index (χ1) is 8.43. The van der Waals surface area contributed by atoms with Crippen LogP contribution in [-0.4, -0.2) is 31.1 Å². The number of thiophene rings is 1. The summed E-state index contributed by atoms with van der Waals surface area (Å²) < 4.78 is 1.46. The third-order valence-electron chi connectivity index (χ3n) is 4.02. The van der Waals surface area contributed by atoms with Gasteiger partial charge in [-0.3, -0.25) is 4.90 Å². The van der Waals surface area contributed by atoms with Crippen molar-refractivity contribution in [3.63, 3.8) is 0 Å². The van der Waals surface area contributed by atoms with Crippen LogP contribution in [0.5, 0.6) is 0 Å². The Morgan fingerprint density at radius 2 is 2.18 bits per heavy atom. The van der Waals surface area contributed by atoms with Gasteiger partial charge in [-0.05, 0) is 23.4 Å². The Morgan fingerprint density at radius 3 is 3.18 bits per heavy atom. The van der Waals surface area contributed by atoms with Crippen LogP contribution in [0.4, 0.5) is 0 Å². The smallest absolute Gasteiger partial charge is 0.0490 e. The van der Waals surface area contributed by atoms with Crippen molar-refractivity contribution < 1.29 is 0 Å². The fourth-order valence-corrected chi connectivity index (χ4v) is 4.46. The normalized spacial score (nSPS) is 24.6. The van der Waals surface area contributed by atoms with Gasteiger partial charge in [0.25, 0.3) is 0 Å². The van der Waals surface area contributed by atoms with Gasteiger partial charge in [-0.2, -0.15) is 0 Å². The van der Waals surface area contributed by atoms with Crippen LogP contribution in [0.3, 0.4) is 0 Å². The lowest BCUT2D eigenvalue weighted by molar-refractivity contribution is 0.154. The maximum atomic E-state index is 3.54. The molecule has 2 aromatic rings. The van der Waals surface area contributed by atoms with E-state index in [4.69, 9.17) is 0 Å². The van der Waals surface area contributed by atoms with Gasteiger partial charge >= 0.3 is 0 Å². The van der Waals surface area contributed by atoms with Crippen LogP contribution in [0.2, 0.25) is 0 Å². The minimum atomic E-state index is 0.614. The average Bonchev–Trinajstić information content (AvgIpc) is 2.77. The second-order valence-electron chi connectivity index (χ2n) is 4.94. The highest BCUT2D eigenvalue weighted by Crippen LogP contribution is 2.41. The largest absolute Gasteiger partial charge is 0.314 e. The van der Waals surface area contributed by atoms with Gasteiger partial charge in [0.15, 0.2) is 0 Å². The number of piperazine rings is 1. The zero-order chi connectivity index (χ0) is 11.2. The average molecular weight is 244 g/mol. The molecule has 1 aromatic carbocycles. The summed E-state index contributed by atoms with van der Waals surface area (Å²) in [7, 11) is 0.